The topological polar surface area (TPSA) is 195 Å². The molecule has 8 N–H and O–H groups in total. The predicted molar refractivity (Wildman–Crippen MR) is 239 cm³/mol. The molecule has 60 heavy (non-hydrogen) atoms. The summed E-state index contributed by atoms with van der Waals surface area (Å²) < 4.78 is 1.79. The molecule has 2 amide bonds. The minimum atomic E-state index is -0.870. The number of carbonyl (C=O) groups excluding carboxylic acids is 4. The molecule has 0 aliphatic heterocycles. The fourth-order valence-electron chi connectivity index (χ4n) is 6.29. The van der Waals surface area contributed by atoms with Gasteiger partial charge in [-0.05, 0) is 70.4 Å². The molecule has 0 saturated carbocycles. The van der Waals surface area contributed by atoms with Gasteiger partial charge in [0.05, 0.1) is 31.9 Å². The summed E-state index contributed by atoms with van der Waals surface area (Å²) in [5.74, 6) is -1.71. The molecule has 0 radical (unpaired) electrons. The fourth-order valence-corrected chi connectivity index (χ4v) is 7.97. The number of hydrogen-bond acceptors (Lipinski definition) is 10. The molecular formula is C44H38Cl2N6O6S2. The molecule has 306 valence electrons. The third-order valence-electron chi connectivity index (χ3n) is 9.02. The number of primary amides is 2. The molecule has 4 heterocycles. The van der Waals surface area contributed by atoms with Gasteiger partial charge in [0.2, 0.25) is 23.3 Å². The molecule has 0 atom stereocenters. The summed E-state index contributed by atoms with van der Waals surface area (Å²) in [5.41, 5.74) is 13.9. The quantitative estimate of drug-likeness (QED) is 0.0547. The molecule has 0 spiro atoms. The summed E-state index contributed by atoms with van der Waals surface area (Å²) in [5, 5.41) is 32.4. The minimum Gasteiger partial charge on any atom is -0.494 e. The third-order valence-corrected chi connectivity index (χ3v) is 11.2. The van der Waals surface area contributed by atoms with Crippen LogP contribution in [0.25, 0.3) is 21.8 Å². The number of fused-ring (bicyclic) bond motifs is 2. The van der Waals surface area contributed by atoms with Crippen LogP contribution in [0.2, 0.25) is 10.0 Å². The van der Waals surface area contributed by atoms with Crippen molar-refractivity contribution >= 4 is 91.3 Å². The van der Waals surface area contributed by atoms with Crippen molar-refractivity contribution in [3.63, 3.8) is 0 Å². The summed E-state index contributed by atoms with van der Waals surface area (Å²) in [6.45, 7) is 3.85. The van der Waals surface area contributed by atoms with Gasteiger partial charge in [-0.3, -0.25) is 9.59 Å². The van der Waals surface area contributed by atoms with Crippen LogP contribution in [0.5, 0.6) is 11.8 Å². The summed E-state index contributed by atoms with van der Waals surface area (Å²) >= 11 is 14.4. The van der Waals surface area contributed by atoms with Crippen molar-refractivity contribution in [1.29, 1.82) is 0 Å². The van der Waals surface area contributed by atoms with Crippen LogP contribution in [0, 0.1) is 0 Å². The van der Waals surface area contributed by atoms with Crippen molar-refractivity contribution in [2.24, 2.45) is 11.5 Å². The van der Waals surface area contributed by atoms with Crippen LogP contribution < -0.4 is 22.1 Å². The Morgan fingerprint density at radius 3 is 1.27 bits per heavy atom. The monoisotopic (exact) mass is 880 g/mol. The maximum atomic E-state index is 12.5. The minimum absolute atomic E-state index is 0.0220. The van der Waals surface area contributed by atoms with E-state index in [1.54, 1.807) is 47.2 Å². The zero-order valence-corrected chi connectivity index (χ0v) is 34.8. The lowest BCUT2D eigenvalue weighted by Crippen LogP contribution is -2.26. The SMILES string of the molecule is NC(=O)n1c(O)c(C(=O)c2cccs2)c2cc(Cl)ccc21.NC(=O)n1c(O)c(C(=O)c2cccs2)c2cc(Cl)ccc21.c1ccc(CNCCNCc2ccccc2)cc1. The predicted octanol–water partition coefficient (Wildman–Crippen LogP) is 9.01. The van der Waals surface area contributed by atoms with Gasteiger partial charge in [0.15, 0.2) is 0 Å². The number of nitrogens with two attached hydrogens (primary N) is 2. The normalized spacial score (nSPS) is 10.8. The first-order valence-corrected chi connectivity index (χ1v) is 20.8. The molecule has 4 aromatic carbocycles. The Bertz CT molecular complexity index is 2560. The van der Waals surface area contributed by atoms with E-state index < -0.39 is 23.8 Å². The summed E-state index contributed by atoms with van der Waals surface area (Å²) in [7, 11) is 0. The Balaban J connectivity index is 0.000000152. The Kier molecular flexibility index (Phi) is 14.5. The van der Waals surface area contributed by atoms with Crippen molar-refractivity contribution in [2.45, 2.75) is 13.1 Å². The first kappa shape index (κ1) is 43.3. The van der Waals surface area contributed by atoms with Crippen molar-refractivity contribution in [3.8, 4) is 11.8 Å². The Labute approximate surface area is 362 Å². The second kappa shape index (κ2) is 20.1. The lowest BCUT2D eigenvalue weighted by atomic mass is 10.1. The average Bonchev–Trinajstić information content (AvgIpc) is 4.06. The summed E-state index contributed by atoms with van der Waals surface area (Å²) in [6, 6.07) is 35.2. The average molecular weight is 882 g/mol. The maximum absolute atomic E-state index is 12.5. The largest absolute Gasteiger partial charge is 0.494 e. The number of ketones is 2. The van der Waals surface area contributed by atoms with Gasteiger partial charge in [-0.2, -0.15) is 0 Å². The number of nitrogens with zero attached hydrogens (tertiary/aromatic N) is 2. The number of halogens is 2. The number of amides is 2. The van der Waals surface area contributed by atoms with E-state index >= 15 is 0 Å². The highest BCUT2D eigenvalue weighted by Gasteiger charge is 2.27. The molecule has 0 fully saturated rings. The molecule has 12 nitrogen and oxygen atoms in total. The number of benzene rings is 4. The number of aromatic nitrogens is 2. The smallest absolute Gasteiger partial charge is 0.326 e. The number of hydrogen-bond donors (Lipinski definition) is 6. The van der Waals surface area contributed by atoms with Gasteiger partial charge in [0.25, 0.3) is 0 Å². The molecule has 0 unspecified atom stereocenters. The van der Waals surface area contributed by atoms with E-state index in [9.17, 15) is 29.4 Å². The standard InChI is InChI=1S/C16H20N2.2C14H9ClN2O3S/c1-3-7-15(8-4-1)13-17-11-12-18-14-16-9-5-2-6-10-16;2*15-7-3-4-9-8(6-7)11(13(19)17(9)14(16)20)12(18)10-2-1-5-21-10/h1-10,17-18H,11-14H2;2*1-6,19H,(H2,16,20). The first-order valence-electron chi connectivity index (χ1n) is 18.3. The molecule has 4 aromatic heterocycles. The maximum Gasteiger partial charge on any atom is 0.326 e. The first-order chi connectivity index (χ1) is 29.0. The molecule has 8 rings (SSSR count). The van der Waals surface area contributed by atoms with Crippen molar-refractivity contribution in [2.75, 3.05) is 13.1 Å². The lowest BCUT2D eigenvalue weighted by molar-refractivity contribution is 0.103. The van der Waals surface area contributed by atoms with Gasteiger partial charge < -0.3 is 32.3 Å². The highest BCUT2D eigenvalue weighted by atomic mass is 35.5. The zero-order valence-electron chi connectivity index (χ0n) is 31.7. The van der Waals surface area contributed by atoms with Crippen LogP contribution in [0.4, 0.5) is 9.59 Å². The van der Waals surface area contributed by atoms with Gasteiger partial charge in [-0.25, -0.2) is 18.7 Å². The van der Waals surface area contributed by atoms with E-state index in [-0.39, 0.29) is 22.7 Å². The van der Waals surface area contributed by atoms with Gasteiger partial charge in [0.1, 0.15) is 0 Å². The van der Waals surface area contributed by atoms with Gasteiger partial charge in [-0.1, -0.05) is 96.0 Å². The number of nitrogens with one attached hydrogen (secondary N) is 2. The molecule has 8 aromatic rings. The van der Waals surface area contributed by atoms with Crippen LogP contribution in [0.15, 0.2) is 132 Å². The van der Waals surface area contributed by atoms with Crippen LogP contribution in [-0.2, 0) is 13.1 Å². The van der Waals surface area contributed by atoms with E-state index in [0.29, 0.717) is 41.6 Å². The van der Waals surface area contributed by atoms with Gasteiger partial charge in [0, 0.05) is 47.0 Å². The number of thiophene rings is 2. The van der Waals surface area contributed by atoms with Gasteiger partial charge in [-0.15, -0.1) is 22.7 Å². The van der Waals surface area contributed by atoms with Crippen molar-refractivity contribution < 1.29 is 29.4 Å². The van der Waals surface area contributed by atoms with E-state index in [4.69, 9.17) is 34.7 Å². The van der Waals surface area contributed by atoms with Crippen LogP contribution in [0.3, 0.4) is 0 Å². The van der Waals surface area contributed by atoms with E-state index in [2.05, 4.69) is 59.2 Å². The van der Waals surface area contributed by atoms with Gasteiger partial charge >= 0.3 is 12.1 Å². The van der Waals surface area contributed by atoms with Crippen LogP contribution in [-0.4, -0.2) is 56.1 Å². The second-order valence-electron chi connectivity index (χ2n) is 13.0. The van der Waals surface area contributed by atoms with Crippen LogP contribution >= 0.6 is 45.9 Å². The van der Waals surface area contributed by atoms with E-state index in [1.165, 1.54) is 58.1 Å². The Hall–Kier alpha value is -6.26. The Morgan fingerprint density at radius 1 is 0.550 bits per heavy atom. The number of aromatic hydroxyl groups is 2. The highest BCUT2D eigenvalue weighted by Crippen LogP contribution is 2.36. The van der Waals surface area contributed by atoms with E-state index in [1.807, 2.05) is 12.1 Å². The van der Waals surface area contributed by atoms with Crippen molar-refractivity contribution in [1.82, 2.24) is 19.8 Å². The molecule has 0 aliphatic rings. The third kappa shape index (κ3) is 10.1. The molecular weight excluding hydrogens is 844 g/mol. The molecule has 0 saturated heterocycles. The molecule has 0 aliphatic carbocycles. The number of rotatable bonds is 11. The Morgan fingerprint density at radius 2 is 0.933 bits per heavy atom. The molecule has 0 bridgehead atoms. The van der Waals surface area contributed by atoms with E-state index in [0.717, 1.165) is 35.3 Å². The fraction of sp³-hybridized carbons (Fsp3) is 0.0909. The summed E-state index contributed by atoms with van der Waals surface area (Å²) in [6.07, 6.45) is 0. The lowest BCUT2D eigenvalue weighted by Gasteiger charge is -2.06. The van der Waals surface area contributed by atoms with Crippen LogP contribution in [0.1, 0.15) is 41.6 Å². The number of carbonyl (C=O) groups is 4. The van der Waals surface area contributed by atoms with Crippen molar-refractivity contribution in [3.05, 3.63) is 174 Å². The second-order valence-corrected chi connectivity index (χ2v) is 15.8. The zero-order chi connectivity index (χ0) is 42.8. The highest BCUT2D eigenvalue weighted by molar-refractivity contribution is 7.12. The molecule has 16 heteroatoms. The summed E-state index contributed by atoms with van der Waals surface area (Å²) in [4.78, 5) is 49.0.